The standard InChI is InChI=1S/C16H34N2O/c1-9-13(8)18-16(12(6)7,15(17)19)14(10(2)3)11(4)5/h10-14,18H,9H2,1-8H3,(H2,17,19). The lowest BCUT2D eigenvalue weighted by Crippen LogP contribution is -2.67. The number of carbonyl (C=O) groups is 1. The first kappa shape index (κ1) is 18.4. The summed E-state index contributed by atoms with van der Waals surface area (Å²) in [5.41, 5.74) is 5.22. The molecule has 0 bridgehead atoms. The van der Waals surface area contributed by atoms with Crippen molar-refractivity contribution >= 4 is 5.91 Å². The molecule has 2 atom stereocenters. The highest BCUT2D eigenvalue weighted by molar-refractivity contribution is 5.85. The summed E-state index contributed by atoms with van der Waals surface area (Å²) >= 11 is 0. The third-order valence-corrected chi connectivity index (χ3v) is 4.38. The van der Waals surface area contributed by atoms with Gasteiger partial charge in [0.15, 0.2) is 0 Å². The van der Waals surface area contributed by atoms with Crippen molar-refractivity contribution in [3.63, 3.8) is 0 Å². The van der Waals surface area contributed by atoms with Crippen LogP contribution >= 0.6 is 0 Å². The van der Waals surface area contributed by atoms with E-state index in [1.807, 2.05) is 0 Å². The Labute approximate surface area is 119 Å². The summed E-state index contributed by atoms with van der Waals surface area (Å²) in [5.74, 6) is 1.01. The summed E-state index contributed by atoms with van der Waals surface area (Å²) in [7, 11) is 0. The zero-order chi connectivity index (χ0) is 15.4. The van der Waals surface area contributed by atoms with Crippen molar-refractivity contribution < 1.29 is 4.79 Å². The third-order valence-electron chi connectivity index (χ3n) is 4.38. The number of carbonyl (C=O) groups excluding carboxylic acids is 1. The van der Waals surface area contributed by atoms with Crippen molar-refractivity contribution in [1.82, 2.24) is 5.32 Å². The van der Waals surface area contributed by atoms with Crippen LogP contribution in [-0.4, -0.2) is 17.5 Å². The van der Waals surface area contributed by atoms with Crippen molar-refractivity contribution in [1.29, 1.82) is 0 Å². The Bertz CT molecular complexity index is 278. The Morgan fingerprint density at radius 1 is 1.05 bits per heavy atom. The first-order valence-corrected chi connectivity index (χ1v) is 7.68. The quantitative estimate of drug-likeness (QED) is 0.711. The van der Waals surface area contributed by atoms with Gasteiger partial charge >= 0.3 is 0 Å². The van der Waals surface area contributed by atoms with Gasteiger partial charge in [-0.05, 0) is 37.0 Å². The van der Waals surface area contributed by atoms with Crippen LogP contribution in [0.2, 0.25) is 0 Å². The van der Waals surface area contributed by atoms with Crippen LogP contribution in [0.25, 0.3) is 0 Å². The van der Waals surface area contributed by atoms with Gasteiger partial charge in [-0.2, -0.15) is 0 Å². The van der Waals surface area contributed by atoms with E-state index in [0.717, 1.165) is 6.42 Å². The highest BCUT2D eigenvalue weighted by atomic mass is 16.1. The summed E-state index contributed by atoms with van der Waals surface area (Å²) in [5, 5.41) is 3.57. The molecular formula is C16H34N2O. The summed E-state index contributed by atoms with van der Waals surface area (Å²) in [6.07, 6.45) is 0.991. The van der Waals surface area contributed by atoms with E-state index >= 15 is 0 Å². The van der Waals surface area contributed by atoms with Gasteiger partial charge in [-0.15, -0.1) is 0 Å². The van der Waals surface area contributed by atoms with E-state index in [4.69, 9.17) is 5.73 Å². The molecule has 1 amide bonds. The minimum atomic E-state index is -0.627. The molecule has 19 heavy (non-hydrogen) atoms. The number of rotatable bonds is 8. The number of nitrogens with one attached hydrogen (secondary N) is 1. The van der Waals surface area contributed by atoms with Gasteiger partial charge in [-0.25, -0.2) is 0 Å². The molecule has 0 saturated heterocycles. The fourth-order valence-corrected chi connectivity index (χ4v) is 3.50. The molecule has 0 aromatic rings. The topological polar surface area (TPSA) is 55.1 Å². The van der Waals surface area contributed by atoms with Gasteiger partial charge in [0.25, 0.3) is 0 Å². The van der Waals surface area contributed by atoms with Crippen LogP contribution in [0.3, 0.4) is 0 Å². The van der Waals surface area contributed by atoms with Crippen molar-refractivity contribution in [2.24, 2.45) is 29.4 Å². The molecule has 0 aromatic carbocycles. The molecule has 0 spiro atoms. The number of primary amides is 1. The van der Waals surface area contributed by atoms with Gasteiger partial charge in [-0.1, -0.05) is 48.5 Å². The molecule has 2 unspecified atom stereocenters. The molecule has 3 heteroatoms. The second kappa shape index (κ2) is 7.28. The molecule has 0 saturated carbocycles. The zero-order valence-corrected chi connectivity index (χ0v) is 14.1. The minimum absolute atomic E-state index is 0.175. The van der Waals surface area contributed by atoms with Gasteiger partial charge in [0, 0.05) is 6.04 Å². The molecule has 0 aliphatic heterocycles. The molecule has 0 fully saturated rings. The van der Waals surface area contributed by atoms with Crippen LogP contribution in [0.1, 0.15) is 61.8 Å². The lowest BCUT2D eigenvalue weighted by Gasteiger charge is -2.47. The Kier molecular flexibility index (Phi) is 7.06. The predicted octanol–water partition coefficient (Wildman–Crippen LogP) is 3.18. The lowest BCUT2D eigenvalue weighted by molar-refractivity contribution is -0.132. The van der Waals surface area contributed by atoms with E-state index in [1.165, 1.54) is 0 Å². The minimum Gasteiger partial charge on any atom is -0.368 e. The van der Waals surface area contributed by atoms with Gasteiger partial charge in [0.05, 0.1) is 0 Å². The van der Waals surface area contributed by atoms with Crippen LogP contribution in [0.15, 0.2) is 0 Å². The maximum absolute atomic E-state index is 12.3. The van der Waals surface area contributed by atoms with Crippen LogP contribution in [0.4, 0.5) is 0 Å². The molecule has 0 aromatic heterocycles. The highest BCUT2D eigenvalue weighted by Gasteiger charge is 2.49. The number of amides is 1. The zero-order valence-electron chi connectivity index (χ0n) is 14.1. The molecule has 3 nitrogen and oxygen atoms in total. The molecule has 0 rings (SSSR count). The summed E-state index contributed by atoms with van der Waals surface area (Å²) in [6, 6.07) is 0.287. The van der Waals surface area contributed by atoms with Crippen molar-refractivity contribution in [2.45, 2.75) is 73.4 Å². The third kappa shape index (κ3) is 3.95. The molecule has 0 heterocycles. The SMILES string of the molecule is CCC(C)NC(C(N)=O)(C(C)C)C(C(C)C)C(C)C. The summed E-state index contributed by atoms with van der Waals surface area (Å²) in [6.45, 7) is 17.2. The van der Waals surface area contributed by atoms with Crippen molar-refractivity contribution in [2.75, 3.05) is 0 Å². The van der Waals surface area contributed by atoms with E-state index in [1.54, 1.807) is 0 Å². The Morgan fingerprint density at radius 3 is 1.68 bits per heavy atom. The summed E-state index contributed by atoms with van der Waals surface area (Å²) < 4.78 is 0. The van der Waals surface area contributed by atoms with Gasteiger partial charge < -0.3 is 11.1 Å². The average Bonchev–Trinajstić information content (AvgIpc) is 2.25. The van der Waals surface area contributed by atoms with Gasteiger partial charge in [-0.3, -0.25) is 4.79 Å². The number of nitrogens with two attached hydrogens (primary N) is 1. The number of hydrogen-bond acceptors (Lipinski definition) is 2. The van der Waals surface area contributed by atoms with Crippen LogP contribution < -0.4 is 11.1 Å². The summed E-state index contributed by atoms with van der Waals surface area (Å²) in [4.78, 5) is 12.3. The first-order chi connectivity index (χ1) is 8.61. The fourth-order valence-electron chi connectivity index (χ4n) is 3.50. The van der Waals surface area contributed by atoms with Gasteiger partial charge in [0.1, 0.15) is 5.54 Å². The maximum atomic E-state index is 12.3. The predicted molar refractivity (Wildman–Crippen MR) is 82.8 cm³/mol. The van der Waals surface area contributed by atoms with E-state index in [2.05, 4.69) is 60.7 Å². The normalized spacial score (nSPS) is 17.3. The number of hydrogen-bond donors (Lipinski definition) is 2. The van der Waals surface area contributed by atoms with Crippen LogP contribution in [-0.2, 0) is 4.79 Å². The molecule has 0 aliphatic carbocycles. The Balaban J connectivity index is 5.75. The molecule has 0 aliphatic rings. The molecule has 0 radical (unpaired) electrons. The Hall–Kier alpha value is -0.570. The monoisotopic (exact) mass is 270 g/mol. The lowest BCUT2D eigenvalue weighted by atomic mass is 9.65. The fraction of sp³-hybridized carbons (Fsp3) is 0.938. The van der Waals surface area contributed by atoms with E-state index in [0.29, 0.717) is 11.8 Å². The molecular weight excluding hydrogens is 236 g/mol. The second-order valence-electron chi connectivity index (χ2n) is 6.86. The molecule has 3 N–H and O–H groups in total. The van der Waals surface area contributed by atoms with Gasteiger partial charge in [0.2, 0.25) is 5.91 Å². The largest absolute Gasteiger partial charge is 0.368 e. The van der Waals surface area contributed by atoms with Crippen LogP contribution in [0.5, 0.6) is 0 Å². The van der Waals surface area contributed by atoms with Crippen LogP contribution in [0, 0.1) is 23.7 Å². The van der Waals surface area contributed by atoms with Crippen molar-refractivity contribution in [3.05, 3.63) is 0 Å². The first-order valence-electron chi connectivity index (χ1n) is 7.68. The highest BCUT2D eigenvalue weighted by Crippen LogP contribution is 2.37. The maximum Gasteiger partial charge on any atom is 0.238 e. The second-order valence-corrected chi connectivity index (χ2v) is 6.86. The average molecular weight is 270 g/mol. The van der Waals surface area contributed by atoms with E-state index in [-0.39, 0.29) is 23.8 Å². The van der Waals surface area contributed by atoms with Crippen molar-refractivity contribution in [3.8, 4) is 0 Å². The van der Waals surface area contributed by atoms with E-state index < -0.39 is 5.54 Å². The Morgan fingerprint density at radius 2 is 1.47 bits per heavy atom. The van der Waals surface area contributed by atoms with E-state index in [9.17, 15) is 4.79 Å². The molecule has 114 valence electrons. The smallest absolute Gasteiger partial charge is 0.238 e.